The highest BCUT2D eigenvalue weighted by Gasteiger charge is 2.37. The Bertz CT molecular complexity index is 445. The Morgan fingerprint density at radius 1 is 1.27 bits per heavy atom. The molecule has 2 rings (SSSR count). The van der Waals surface area contributed by atoms with Crippen molar-refractivity contribution in [1.82, 2.24) is 0 Å². The fraction of sp³-hybridized carbons (Fsp3) is 0.824. The Hall–Kier alpha value is -0.520. The molecule has 5 heteroatoms. The van der Waals surface area contributed by atoms with E-state index in [1.165, 1.54) is 5.57 Å². The van der Waals surface area contributed by atoms with Crippen molar-refractivity contribution in [2.24, 2.45) is 4.40 Å². The summed E-state index contributed by atoms with van der Waals surface area (Å²) in [5, 5.41) is 0. The van der Waals surface area contributed by atoms with Gasteiger partial charge in [0.2, 0.25) is 0 Å². The summed E-state index contributed by atoms with van der Waals surface area (Å²) in [6.07, 6.45) is 11.3. The van der Waals surface area contributed by atoms with Crippen molar-refractivity contribution in [3.05, 3.63) is 11.6 Å². The Labute approximate surface area is 137 Å². The van der Waals surface area contributed by atoms with Gasteiger partial charge in [-0.1, -0.05) is 18.1 Å². The van der Waals surface area contributed by atoms with Crippen LogP contribution in [0.25, 0.3) is 0 Å². The number of unbranched alkanes of at least 4 members (excludes halogenated alkanes) is 3. The molecule has 0 bridgehead atoms. The van der Waals surface area contributed by atoms with E-state index in [-0.39, 0.29) is 10.5 Å². The molecule has 0 aromatic carbocycles. The van der Waals surface area contributed by atoms with Gasteiger partial charge < -0.3 is 9.47 Å². The molecule has 0 aromatic heterocycles. The van der Waals surface area contributed by atoms with Crippen molar-refractivity contribution < 1.29 is 13.7 Å². The number of hydrogen-bond acceptors (Lipinski definition) is 3. The van der Waals surface area contributed by atoms with Crippen LogP contribution in [-0.2, 0) is 20.5 Å². The van der Waals surface area contributed by atoms with Crippen LogP contribution in [0, 0.1) is 0 Å². The first-order chi connectivity index (χ1) is 10.4. The lowest BCUT2D eigenvalue weighted by Crippen LogP contribution is -2.29. The van der Waals surface area contributed by atoms with Crippen LogP contribution in [0.3, 0.4) is 0 Å². The maximum absolute atomic E-state index is 11.8. The first-order valence-corrected chi connectivity index (χ1v) is 9.42. The highest BCUT2D eigenvalue weighted by molar-refractivity contribution is 7.85. The average Bonchev–Trinajstić information content (AvgIpc) is 3.13. The summed E-state index contributed by atoms with van der Waals surface area (Å²) < 4.78 is 27.3. The molecule has 1 aliphatic carbocycles. The van der Waals surface area contributed by atoms with E-state index in [1.807, 2.05) is 27.0 Å². The zero-order valence-corrected chi connectivity index (χ0v) is 14.9. The van der Waals surface area contributed by atoms with Gasteiger partial charge in [-0.25, -0.2) is 4.21 Å². The normalized spacial score (nSPS) is 22.0. The van der Waals surface area contributed by atoms with Crippen molar-refractivity contribution >= 4 is 17.2 Å². The van der Waals surface area contributed by atoms with Crippen molar-refractivity contribution in [2.75, 3.05) is 13.2 Å². The van der Waals surface area contributed by atoms with E-state index in [1.54, 1.807) is 0 Å². The van der Waals surface area contributed by atoms with Crippen LogP contribution in [0.1, 0.15) is 65.7 Å². The van der Waals surface area contributed by atoms with Gasteiger partial charge in [-0.2, -0.15) is 4.40 Å². The van der Waals surface area contributed by atoms with Crippen LogP contribution in [0.2, 0.25) is 0 Å². The van der Waals surface area contributed by atoms with Gasteiger partial charge in [0, 0.05) is 19.1 Å². The molecule has 1 heterocycles. The fourth-order valence-corrected chi connectivity index (χ4v) is 3.04. The minimum atomic E-state index is -1.13. The highest BCUT2D eigenvalue weighted by Crippen LogP contribution is 2.37. The van der Waals surface area contributed by atoms with Gasteiger partial charge in [0.25, 0.3) is 0 Å². The fourth-order valence-electron chi connectivity index (χ4n) is 2.48. The molecule has 1 aliphatic heterocycles. The van der Waals surface area contributed by atoms with E-state index in [0.717, 1.165) is 58.2 Å². The molecule has 126 valence electrons. The summed E-state index contributed by atoms with van der Waals surface area (Å²) >= 11 is 0. The van der Waals surface area contributed by atoms with Crippen molar-refractivity contribution in [2.45, 2.75) is 76.3 Å². The predicted molar refractivity (Wildman–Crippen MR) is 91.4 cm³/mol. The van der Waals surface area contributed by atoms with Crippen molar-refractivity contribution in [1.29, 1.82) is 0 Å². The van der Waals surface area contributed by atoms with Gasteiger partial charge in [-0.3, -0.25) is 0 Å². The van der Waals surface area contributed by atoms with E-state index in [2.05, 4.69) is 10.5 Å². The molecule has 0 saturated carbocycles. The van der Waals surface area contributed by atoms with E-state index < -0.39 is 11.0 Å². The van der Waals surface area contributed by atoms with Crippen LogP contribution in [0.15, 0.2) is 16.0 Å². The van der Waals surface area contributed by atoms with E-state index in [4.69, 9.17) is 9.47 Å². The summed E-state index contributed by atoms with van der Waals surface area (Å²) in [4.78, 5) is 0. The SMILES string of the molecule is CC(C)(C)[S@@](=O)/N=C/CCCCCC1(CC2=CC2)OCCO1. The number of allylic oxidation sites excluding steroid dienone is 1. The van der Waals surface area contributed by atoms with Crippen LogP contribution in [-0.4, -0.2) is 34.2 Å². The molecular weight excluding hydrogens is 298 g/mol. The summed E-state index contributed by atoms with van der Waals surface area (Å²) in [6.45, 7) is 7.27. The monoisotopic (exact) mass is 327 g/mol. The van der Waals surface area contributed by atoms with Gasteiger partial charge >= 0.3 is 0 Å². The quantitative estimate of drug-likeness (QED) is 0.366. The Balaban J connectivity index is 1.59. The molecule has 22 heavy (non-hydrogen) atoms. The Kier molecular flexibility index (Phi) is 6.36. The highest BCUT2D eigenvalue weighted by atomic mass is 32.2. The molecule has 0 N–H and O–H groups in total. The second-order valence-electron chi connectivity index (χ2n) is 7.10. The zero-order chi connectivity index (χ0) is 16.1. The summed E-state index contributed by atoms with van der Waals surface area (Å²) in [7, 11) is -1.13. The molecule has 0 radical (unpaired) electrons. The summed E-state index contributed by atoms with van der Waals surface area (Å²) in [5.74, 6) is -0.343. The minimum Gasteiger partial charge on any atom is -0.347 e. The maximum atomic E-state index is 11.8. The molecule has 1 saturated heterocycles. The average molecular weight is 327 g/mol. The largest absolute Gasteiger partial charge is 0.347 e. The van der Waals surface area contributed by atoms with E-state index in [0.29, 0.717) is 0 Å². The first-order valence-electron chi connectivity index (χ1n) is 8.32. The number of nitrogens with zero attached hydrogens (tertiary/aromatic N) is 1. The lowest BCUT2D eigenvalue weighted by atomic mass is 10.0. The van der Waals surface area contributed by atoms with E-state index in [9.17, 15) is 4.21 Å². The van der Waals surface area contributed by atoms with Crippen molar-refractivity contribution in [3.8, 4) is 0 Å². The second-order valence-corrected chi connectivity index (χ2v) is 9.03. The molecule has 1 atom stereocenters. The van der Waals surface area contributed by atoms with Crippen LogP contribution < -0.4 is 0 Å². The van der Waals surface area contributed by atoms with Gasteiger partial charge in [0.15, 0.2) is 5.79 Å². The van der Waals surface area contributed by atoms with Gasteiger partial charge in [0.1, 0.15) is 11.0 Å². The molecule has 1 fully saturated rings. The lowest BCUT2D eigenvalue weighted by Gasteiger charge is -2.26. The molecular formula is C17H29NO3S. The third-order valence-corrected chi connectivity index (χ3v) is 5.28. The molecule has 0 amide bonds. The van der Waals surface area contributed by atoms with Crippen molar-refractivity contribution in [3.63, 3.8) is 0 Å². The van der Waals surface area contributed by atoms with Crippen LogP contribution in [0.5, 0.6) is 0 Å². The Morgan fingerprint density at radius 3 is 2.55 bits per heavy atom. The smallest absolute Gasteiger partial charge is 0.172 e. The third kappa shape index (κ3) is 5.94. The molecule has 4 nitrogen and oxygen atoms in total. The number of rotatable bonds is 9. The third-order valence-electron chi connectivity index (χ3n) is 3.89. The second kappa shape index (κ2) is 7.84. The minimum absolute atomic E-state index is 0.266. The summed E-state index contributed by atoms with van der Waals surface area (Å²) in [5.41, 5.74) is 1.47. The van der Waals surface area contributed by atoms with E-state index >= 15 is 0 Å². The first kappa shape index (κ1) is 17.8. The topological polar surface area (TPSA) is 47.9 Å². The molecule has 0 spiro atoms. The van der Waals surface area contributed by atoms with Crippen LogP contribution >= 0.6 is 0 Å². The lowest BCUT2D eigenvalue weighted by molar-refractivity contribution is -0.161. The van der Waals surface area contributed by atoms with Gasteiger partial charge in [0.05, 0.1) is 18.0 Å². The Morgan fingerprint density at radius 2 is 1.95 bits per heavy atom. The molecule has 0 aromatic rings. The summed E-state index contributed by atoms with van der Waals surface area (Å²) in [6, 6.07) is 0. The standard InChI is InChI=1S/C17H29NO3S/c1-16(2,3)22(19)18-11-7-5-4-6-10-17(14-15-8-9-15)20-12-13-21-17/h8,11H,4-7,9-10,12-14H2,1-3H3/b18-11+/t22-/m1/s1. The number of hydrogen-bond donors (Lipinski definition) is 0. The zero-order valence-electron chi connectivity index (χ0n) is 14.1. The molecule has 0 unspecified atom stereocenters. The number of ether oxygens (including phenoxy) is 2. The maximum Gasteiger partial charge on any atom is 0.172 e. The van der Waals surface area contributed by atoms with Gasteiger partial charge in [-0.05, 0) is 46.5 Å². The predicted octanol–water partition coefficient (Wildman–Crippen LogP) is 3.93. The molecule has 2 aliphatic rings. The van der Waals surface area contributed by atoms with Gasteiger partial charge in [-0.15, -0.1) is 0 Å². The van der Waals surface area contributed by atoms with Crippen LogP contribution in [0.4, 0.5) is 0 Å².